The lowest BCUT2D eigenvalue weighted by Gasteiger charge is -2.35. The standard InChI is InChI=1S/C32H38N6O2S/c1-4-10-29(39)38(22-32(2,3)33-31(40)26(21-41)19-23-11-6-5-7-12-23)20-24-15-17-25(18-16-24)27-13-8-9-14-28(27)30-34-36-37-35-30/h5-9,11-18,26,41H,4,10,19-22H2,1-3H3,(H,33,40)(H,34,35,36,37). The Balaban J connectivity index is 1.46. The normalized spacial score (nSPS) is 12.1. The lowest BCUT2D eigenvalue weighted by atomic mass is 9.97. The highest BCUT2D eigenvalue weighted by atomic mass is 32.1. The molecular formula is C32H38N6O2S. The minimum absolute atomic E-state index is 0.0540. The number of tetrazole rings is 1. The van der Waals surface area contributed by atoms with E-state index in [1.165, 1.54) is 0 Å². The maximum absolute atomic E-state index is 13.2. The molecule has 41 heavy (non-hydrogen) atoms. The van der Waals surface area contributed by atoms with Crippen LogP contribution in [0.25, 0.3) is 22.5 Å². The molecule has 0 aliphatic heterocycles. The van der Waals surface area contributed by atoms with Crippen molar-refractivity contribution in [3.05, 3.63) is 90.0 Å². The van der Waals surface area contributed by atoms with Crippen LogP contribution < -0.4 is 5.32 Å². The molecule has 1 atom stereocenters. The van der Waals surface area contributed by atoms with E-state index < -0.39 is 5.54 Å². The summed E-state index contributed by atoms with van der Waals surface area (Å²) in [6.45, 7) is 6.78. The van der Waals surface area contributed by atoms with Crippen LogP contribution in [0.2, 0.25) is 0 Å². The fraction of sp³-hybridized carbons (Fsp3) is 0.344. The summed E-state index contributed by atoms with van der Waals surface area (Å²) in [7, 11) is 0. The first-order chi connectivity index (χ1) is 19.8. The summed E-state index contributed by atoms with van der Waals surface area (Å²) >= 11 is 4.45. The molecule has 0 spiro atoms. The van der Waals surface area contributed by atoms with Crippen LogP contribution in [0.15, 0.2) is 78.9 Å². The van der Waals surface area contributed by atoms with Crippen LogP contribution in [-0.2, 0) is 22.6 Å². The van der Waals surface area contributed by atoms with Gasteiger partial charge in [-0.1, -0.05) is 85.8 Å². The van der Waals surface area contributed by atoms with Gasteiger partial charge in [-0.25, -0.2) is 5.10 Å². The summed E-state index contributed by atoms with van der Waals surface area (Å²) in [6.07, 6.45) is 1.83. The Labute approximate surface area is 247 Å². The smallest absolute Gasteiger partial charge is 0.224 e. The summed E-state index contributed by atoms with van der Waals surface area (Å²) in [5.41, 5.74) is 4.43. The van der Waals surface area contributed by atoms with E-state index in [2.05, 4.69) is 38.6 Å². The Bertz CT molecular complexity index is 1410. The van der Waals surface area contributed by atoms with Gasteiger partial charge in [0.15, 0.2) is 5.82 Å². The quantitative estimate of drug-likeness (QED) is 0.188. The van der Waals surface area contributed by atoms with E-state index in [9.17, 15) is 9.59 Å². The largest absolute Gasteiger partial charge is 0.349 e. The zero-order valence-electron chi connectivity index (χ0n) is 23.9. The number of H-pyrrole nitrogens is 1. The number of nitrogens with zero attached hydrogens (tertiary/aromatic N) is 4. The van der Waals surface area contributed by atoms with E-state index in [4.69, 9.17) is 0 Å². The second-order valence-electron chi connectivity index (χ2n) is 10.9. The molecule has 2 N–H and O–H groups in total. The van der Waals surface area contributed by atoms with Crippen LogP contribution in [0, 0.1) is 5.92 Å². The third-order valence-electron chi connectivity index (χ3n) is 6.95. The number of nitrogens with one attached hydrogen (secondary N) is 2. The van der Waals surface area contributed by atoms with Crippen LogP contribution in [0.3, 0.4) is 0 Å². The van der Waals surface area contributed by atoms with Gasteiger partial charge in [-0.3, -0.25) is 9.59 Å². The molecule has 0 bridgehead atoms. The summed E-state index contributed by atoms with van der Waals surface area (Å²) < 4.78 is 0. The number of carbonyl (C=O) groups excluding carboxylic acids is 2. The molecule has 214 valence electrons. The van der Waals surface area contributed by atoms with Gasteiger partial charge in [0.05, 0.1) is 11.5 Å². The van der Waals surface area contributed by atoms with Crippen molar-refractivity contribution >= 4 is 24.4 Å². The zero-order valence-corrected chi connectivity index (χ0v) is 24.8. The molecule has 1 heterocycles. The van der Waals surface area contributed by atoms with Crippen LogP contribution in [0.5, 0.6) is 0 Å². The van der Waals surface area contributed by atoms with E-state index in [-0.39, 0.29) is 17.7 Å². The first-order valence-electron chi connectivity index (χ1n) is 14.0. The predicted molar refractivity (Wildman–Crippen MR) is 165 cm³/mol. The fourth-order valence-corrected chi connectivity index (χ4v) is 5.21. The van der Waals surface area contributed by atoms with Crippen LogP contribution in [0.1, 0.15) is 44.7 Å². The van der Waals surface area contributed by atoms with Crippen molar-refractivity contribution in [2.24, 2.45) is 5.92 Å². The van der Waals surface area contributed by atoms with E-state index in [1.54, 1.807) is 0 Å². The van der Waals surface area contributed by atoms with E-state index in [1.807, 2.05) is 105 Å². The summed E-state index contributed by atoms with van der Waals surface area (Å²) in [5, 5.41) is 17.5. The van der Waals surface area contributed by atoms with Crippen molar-refractivity contribution < 1.29 is 9.59 Å². The van der Waals surface area contributed by atoms with Gasteiger partial charge < -0.3 is 10.2 Å². The van der Waals surface area contributed by atoms with Crippen molar-refractivity contribution in [3.63, 3.8) is 0 Å². The highest BCUT2D eigenvalue weighted by Gasteiger charge is 2.29. The third-order valence-corrected chi connectivity index (χ3v) is 7.39. The molecule has 0 fully saturated rings. The Hall–Kier alpha value is -3.98. The average molecular weight is 571 g/mol. The molecule has 1 unspecified atom stereocenters. The number of hydrogen-bond acceptors (Lipinski definition) is 6. The number of aromatic nitrogens is 4. The first kappa shape index (κ1) is 30.0. The van der Waals surface area contributed by atoms with Gasteiger partial charge >= 0.3 is 0 Å². The molecule has 0 radical (unpaired) electrons. The Morgan fingerprint density at radius 2 is 1.63 bits per heavy atom. The second-order valence-corrected chi connectivity index (χ2v) is 11.3. The van der Waals surface area contributed by atoms with Crippen LogP contribution in [-0.4, -0.2) is 55.2 Å². The number of hydrogen-bond donors (Lipinski definition) is 3. The minimum Gasteiger partial charge on any atom is -0.349 e. The Morgan fingerprint density at radius 1 is 0.951 bits per heavy atom. The van der Waals surface area contributed by atoms with Crippen molar-refractivity contribution in [3.8, 4) is 22.5 Å². The fourth-order valence-electron chi connectivity index (χ4n) is 4.92. The Kier molecular flexibility index (Phi) is 10.3. The lowest BCUT2D eigenvalue weighted by Crippen LogP contribution is -2.54. The number of rotatable bonds is 13. The van der Waals surface area contributed by atoms with Gasteiger partial charge in [0.25, 0.3) is 0 Å². The first-order valence-corrected chi connectivity index (χ1v) is 14.6. The molecule has 2 amide bonds. The third kappa shape index (κ3) is 8.27. The van der Waals surface area contributed by atoms with Gasteiger partial charge in [0.1, 0.15) is 0 Å². The molecule has 1 aromatic heterocycles. The summed E-state index contributed by atoms with van der Waals surface area (Å²) in [6, 6.07) is 26.1. The molecule has 9 heteroatoms. The summed E-state index contributed by atoms with van der Waals surface area (Å²) in [5.74, 6) is 0.800. The minimum atomic E-state index is -0.623. The predicted octanol–water partition coefficient (Wildman–Crippen LogP) is 5.35. The molecule has 3 aromatic carbocycles. The van der Waals surface area contributed by atoms with Gasteiger partial charge in [0.2, 0.25) is 11.8 Å². The van der Waals surface area contributed by atoms with Gasteiger partial charge in [-0.05, 0) is 59.4 Å². The van der Waals surface area contributed by atoms with Gasteiger partial charge in [-0.2, -0.15) is 12.6 Å². The summed E-state index contributed by atoms with van der Waals surface area (Å²) in [4.78, 5) is 28.3. The maximum Gasteiger partial charge on any atom is 0.224 e. The Morgan fingerprint density at radius 3 is 2.27 bits per heavy atom. The molecule has 4 aromatic rings. The lowest BCUT2D eigenvalue weighted by molar-refractivity contribution is -0.134. The molecule has 8 nitrogen and oxygen atoms in total. The maximum atomic E-state index is 13.2. The van der Waals surface area contributed by atoms with Gasteiger partial charge in [-0.15, -0.1) is 5.10 Å². The molecule has 0 aliphatic rings. The van der Waals surface area contributed by atoms with Gasteiger partial charge in [0, 0.05) is 30.8 Å². The zero-order chi connectivity index (χ0) is 29.2. The number of benzene rings is 3. The molecule has 0 saturated heterocycles. The number of thiol groups is 1. The molecule has 0 aliphatic carbocycles. The van der Waals surface area contributed by atoms with E-state index >= 15 is 0 Å². The van der Waals surface area contributed by atoms with Crippen LogP contribution in [0.4, 0.5) is 0 Å². The average Bonchev–Trinajstić information content (AvgIpc) is 3.51. The number of carbonyl (C=O) groups is 2. The number of aromatic amines is 1. The van der Waals surface area contributed by atoms with E-state index in [0.29, 0.717) is 37.5 Å². The molecule has 0 saturated carbocycles. The monoisotopic (exact) mass is 570 g/mol. The van der Waals surface area contributed by atoms with Crippen molar-refractivity contribution in [1.29, 1.82) is 0 Å². The molecular weight excluding hydrogens is 532 g/mol. The van der Waals surface area contributed by atoms with Crippen molar-refractivity contribution in [2.45, 2.75) is 52.1 Å². The SMILES string of the molecule is CCCC(=O)N(Cc1ccc(-c2ccccc2-c2nnn[nH]2)cc1)CC(C)(C)NC(=O)C(CS)Cc1ccccc1. The molecule has 4 rings (SSSR count). The van der Waals surface area contributed by atoms with Crippen molar-refractivity contribution in [1.82, 2.24) is 30.8 Å². The van der Waals surface area contributed by atoms with Crippen molar-refractivity contribution in [2.75, 3.05) is 12.3 Å². The van der Waals surface area contributed by atoms with Crippen LogP contribution >= 0.6 is 12.6 Å². The van der Waals surface area contributed by atoms with E-state index in [0.717, 1.165) is 34.2 Å². The second kappa shape index (κ2) is 14.1. The highest BCUT2D eigenvalue weighted by Crippen LogP contribution is 2.30. The number of amides is 2. The topological polar surface area (TPSA) is 104 Å². The highest BCUT2D eigenvalue weighted by molar-refractivity contribution is 7.80.